The third-order valence-corrected chi connectivity index (χ3v) is 3.63. The Bertz CT molecular complexity index is 353. The van der Waals surface area contributed by atoms with E-state index >= 15 is 0 Å². The Hall–Kier alpha value is -0.420. The Morgan fingerprint density at radius 1 is 1.35 bits per heavy atom. The summed E-state index contributed by atoms with van der Waals surface area (Å²) >= 11 is 3.48. The molecular weight excluding hydrogens is 280 g/mol. The summed E-state index contributed by atoms with van der Waals surface area (Å²) < 4.78 is 6.42. The highest BCUT2D eigenvalue weighted by molar-refractivity contribution is 9.10. The fourth-order valence-electron chi connectivity index (χ4n) is 2.05. The van der Waals surface area contributed by atoms with Gasteiger partial charge >= 0.3 is 0 Å². The molecule has 0 aliphatic carbocycles. The lowest BCUT2D eigenvalue weighted by Gasteiger charge is -2.27. The first-order chi connectivity index (χ1) is 8.25. The number of nitrogens with zero attached hydrogens (tertiary/aromatic N) is 1. The molecule has 1 aromatic carbocycles. The van der Waals surface area contributed by atoms with Gasteiger partial charge in [-0.25, -0.2) is 0 Å². The number of nitrogens with two attached hydrogens (primary N) is 1. The first kappa shape index (κ1) is 13.0. The summed E-state index contributed by atoms with van der Waals surface area (Å²) in [6.07, 6.45) is 0.996. The summed E-state index contributed by atoms with van der Waals surface area (Å²) in [6.45, 7) is 4.83. The Kier molecular flexibility index (Phi) is 4.98. The molecule has 3 nitrogen and oxygen atoms in total. The van der Waals surface area contributed by atoms with E-state index in [4.69, 9.17) is 10.5 Å². The van der Waals surface area contributed by atoms with E-state index in [-0.39, 0.29) is 6.04 Å². The summed E-state index contributed by atoms with van der Waals surface area (Å²) in [5.41, 5.74) is 7.40. The molecule has 0 saturated carbocycles. The van der Waals surface area contributed by atoms with Crippen LogP contribution in [0.15, 0.2) is 28.7 Å². The van der Waals surface area contributed by atoms with Crippen LogP contribution in [0.4, 0.5) is 0 Å². The molecule has 0 amide bonds. The molecule has 0 bridgehead atoms. The van der Waals surface area contributed by atoms with Gasteiger partial charge in [0, 0.05) is 30.1 Å². The van der Waals surface area contributed by atoms with E-state index in [1.165, 1.54) is 5.56 Å². The number of hydrogen-bond acceptors (Lipinski definition) is 3. The molecule has 1 heterocycles. The minimum atomic E-state index is 0.121. The van der Waals surface area contributed by atoms with Crippen molar-refractivity contribution in [1.29, 1.82) is 0 Å². The van der Waals surface area contributed by atoms with Crippen molar-refractivity contribution in [3.05, 3.63) is 34.3 Å². The topological polar surface area (TPSA) is 38.5 Å². The van der Waals surface area contributed by atoms with Crippen molar-refractivity contribution in [1.82, 2.24) is 4.90 Å². The minimum Gasteiger partial charge on any atom is -0.379 e. The summed E-state index contributed by atoms with van der Waals surface area (Å²) in [5, 5.41) is 0. The first-order valence-electron chi connectivity index (χ1n) is 6.07. The molecule has 1 saturated heterocycles. The van der Waals surface area contributed by atoms with Crippen molar-refractivity contribution >= 4 is 15.9 Å². The van der Waals surface area contributed by atoms with E-state index in [1.807, 2.05) is 12.1 Å². The maximum Gasteiger partial charge on any atom is 0.0594 e. The zero-order valence-electron chi connectivity index (χ0n) is 9.94. The normalized spacial score (nSPS) is 19.2. The number of morpholine rings is 1. The molecule has 1 unspecified atom stereocenters. The average molecular weight is 299 g/mol. The maximum atomic E-state index is 6.20. The predicted octanol–water partition coefficient (Wildman–Crippen LogP) is 2.17. The van der Waals surface area contributed by atoms with Gasteiger partial charge in [-0.05, 0) is 24.1 Å². The molecule has 2 N–H and O–H groups in total. The summed E-state index contributed by atoms with van der Waals surface area (Å²) in [7, 11) is 0. The highest BCUT2D eigenvalue weighted by atomic mass is 79.9. The summed E-state index contributed by atoms with van der Waals surface area (Å²) in [4.78, 5) is 2.42. The van der Waals surface area contributed by atoms with Gasteiger partial charge in [0.25, 0.3) is 0 Å². The van der Waals surface area contributed by atoms with Crippen LogP contribution in [0.2, 0.25) is 0 Å². The average Bonchev–Trinajstić information content (AvgIpc) is 2.37. The van der Waals surface area contributed by atoms with Gasteiger partial charge in [-0.15, -0.1) is 0 Å². The van der Waals surface area contributed by atoms with Crippen LogP contribution in [0.3, 0.4) is 0 Å². The van der Waals surface area contributed by atoms with Gasteiger partial charge in [-0.3, -0.25) is 4.90 Å². The second-order valence-electron chi connectivity index (χ2n) is 4.40. The molecule has 1 fully saturated rings. The molecule has 94 valence electrons. The van der Waals surface area contributed by atoms with E-state index in [9.17, 15) is 0 Å². The van der Waals surface area contributed by atoms with Crippen molar-refractivity contribution in [3.8, 4) is 0 Å². The second-order valence-corrected chi connectivity index (χ2v) is 5.32. The number of halogens is 1. The van der Waals surface area contributed by atoms with Gasteiger partial charge in [-0.2, -0.15) is 0 Å². The van der Waals surface area contributed by atoms with Crippen LogP contribution in [-0.4, -0.2) is 37.7 Å². The Morgan fingerprint density at radius 2 is 2.12 bits per heavy atom. The van der Waals surface area contributed by atoms with Gasteiger partial charge in [0.1, 0.15) is 0 Å². The van der Waals surface area contributed by atoms with Crippen LogP contribution in [-0.2, 0) is 4.74 Å². The van der Waals surface area contributed by atoms with Crippen LogP contribution in [0, 0.1) is 0 Å². The van der Waals surface area contributed by atoms with E-state index in [1.54, 1.807) is 0 Å². The highest BCUT2D eigenvalue weighted by Gasteiger charge is 2.12. The number of rotatable bonds is 4. The Morgan fingerprint density at radius 3 is 2.82 bits per heavy atom. The SMILES string of the molecule is NC(CCN1CCOCC1)c1cccc(Br)c1. The molecule has 0 radical (unpaired) electrons. The standard InChI is InChI=1S/C13H19BrN2O/c14-12-3-1-2-11(10-12)13(15)4-5-16-6-8-17-9-7-16/h1-3,10,13H,4-9,15H2. The Balaban J connectivity index is 1.82. The van der Waals surface area contributed by atoms with Crippen molar-refractivity contribution in [3.63, 3.8) is 0 Å². The number of hydrogen-bond donors (Lipinski definition) is 1. The lowest BCUT2D eigenvalue weighted by Crippen LogP contribution is -2.37. The molecule has 0 spiro atoms. The molecule has 1 aliphatic heterocycles. The second kappa shape index (κ2) is 6.50. The lowest BCUT2D eigenvalue weighted by molar-refractivity contribution is 0.0366. The van der Waals surface area contributed by atoms with E-state index < -0.39 is 0 Å². The lowest BCUT2D eigenvalue weighted by atomic mass is 10.0. The predicted molar refractivity (Wildman–Crippen MR) is 72.9 cm³/mol. The Labute approximate surface area is 111 Å². The third kappa shape index (κ3) is 4.07. The molecule has 1 atom stereocenters. The molecule has 1 aliphatic rings. The molecule has 2 rings (SSSR count). The fraction of sp³-hybridized carbons (Fsp3) is 0.538. The largest absolute Gasteiger partial charge is 0.379 e. The maximum absolute atomic E-state index is 6.20. The van der Waals surface area contributed by atoms with Crippen LogP contribution >= 0.6 is 15.9 Å². The van der Waals surface area contributed by atoms with Crippen LogP contribution in [0.25, 0.3) is 0 Å². The third-order valence-electron chi connectivity index (χ3n) is 3.14. The van der Waals surface area contributed by atoms with Crippen molar-refractivity contribution in [2.24, 2.45) is 5.73 Å². The van der Waals surface area contributed by atoms with Gasteiger partial charge in [-0.1, -0.05) is 28.1 Å². The first-order valence-corrected chi connectivity index (χ1v) is 6.86. The number of ether oxygens (including phenoxy) is 1. The molecule has 4 heteroatoms. The smallest absolute Gasteiger partial charge is 0.0594 e. The van der Waals surface area contributed by atoms with Crippen molar-refractivity contribution < 1.29 is 4.74 Å². The molecular formula is C13H19BrN2O. The van der Waals surface area contributed by atoms with Crippen molar-refractivity contribution in [2.45, 2.75) is 12.5 Å². The molecule has 17 heavy (non-hydrogen) atoms. The molecule has 0 aromatic heterocycles. The van der Waals surface area contributed by atoms with Crippen LogP contribution in [0.1, 0.15) is 18.0 Å². The minimum absolute atomic E-state index is 0.121. The molecule has 1 aromatic rings. The zero-order valence-corrected chi connectivity index (χ0v) is 11.5. The van der Waals surface area contributed by atoms with Crippen LogP contribution < -0.4 is 5.73 Å². The summed E-state index contributed by atoms with van der Waals surface area (Å²) in [5.74, 6) is 0. The highest BCUT2D eigenvalue weighted by Crippen LogP contribution is 2.19. The quantitative estimate of drug-likeness (QED) is 0.926. The fourth-order valence-corrected chi connectivity index (χ4v) is 2.47. The van der Waals surface area contributed by atoms with Crippen molar-refractivity contribution in [2.75, 3.05) is 32.8 Å². The van der Waals surface area contributed by atoms with E-state index in [0.29, 0.717) is 0 Å². The number of benzene rings is 1. The summed E-state index contributed by atoms with van der Waals surface area (Å²) in [6, 6.07) is 8.38. The van der Waals surface area contributed by atoms with Gasteiger partial charge in [0.05, 0.1) is 13.2 Å². The monoisotopic (exact) mass is 298 g/mol. The van der Waals surface area contributed by atoms with E-state index in [2.05, 4.69) is 33.0 Å². The van der Waals surface area contributed by atoms with Gasteiger partial charge in [0.15, 0.2) is 0 Å². The van der Waals surface area contributed by atoms with Crippen LogP contribution in [0.5, 0.6) is 0 Å². The van der Waals surface area contributed by atoms with E-state index in [0.717, 1.165) is 43.7 Å². The zero-order chi connectivity index (χ0) is 12.1. The van der Waals surface area contributed by atoms with Gasteiger partial charge < -0.3 is 10.5 Å². The van der Waals surface area contributed by atoms with Gasteiger partial charge in [0.2, 0.25) is 0 Å².